The van der Waals surface area contributed by atoms with E-state index in [2.05, 4.69) is 10.6 Å². The summed E-state index contributed by atoms with van der Waals surface area (Å²) in [6, 6.07) is 11.2. The molecule has 1 aliphatic rings. The number of hydrogen-bond acceptors (Lipinski definition) is 2. The second-order valence-corrected chi connectivity index (χ2v) is 6.27. The average Bonchev–Trinajstić information content (AvgIpc) is 3.44. The predicted octanol–water partition coefficient (Wildman–Crippen LogP) is 4.25. The molecule has 2 N–H and O–H groups in total. The normalized spacial score (nSPS) is 14.2. The highest BCUT2D eigenvalue weighted by molar-refractivity contribution is 6.02. The maximum absolute atomic E-state index is 12.5. The number of nitrogens with one attached hydrogen (secondary N) is 2. The zero-order valence-electron chi connectivity index (χ0n) is 14.2. The van der Waals surface area contributed by atoms with Crippen molar-refractivity contribution in [3.63, 3.8) is 0 Å². The van der Waals surface area contributed by atoms with Crippen LogP contribution in [0.2, 0.25) is 0 Å². The van der Waals surface area contributed by atoms with E-state index in [0.717, 1.165) is 25.0 Å². The van der Waals surface area contributed by atoms with Gasteiger partial charge in [0.05, 0.1) is 5.56 Å². The first-order chi connectivity index (χ1) is 12.8. The smallest absolute Gasteiger partial charge is 0.349 e. The van der Waals surface area contributed by atoms with Crippen molar-refractivity contribution in [3.8, 4) is 0 Å². The monoisotopic (exact) mass is 374 g/mol. The molecule has 4 nitrogen and oxygen atoms in total. The van der Waals surface area contributed by atoms with Crippen LogP contribution in [0.4, 0.5) is 18.9 Å². The maximum atomic E-state index is 12.5. The van der Waals surface area contributed by atoms with Gasteiger partial charge in [0.2, 0.25) is 5.91 Å². The summed E-state index contributed by atoms with van der Waals surface area (Å²) in [5.41, 5.74) is 0.764. The highest BCUT2D eigenvalue weighted by Crippen LogP contribution is 2.29. The van der Waals surface area contributed by atoms with Crippen LogP contribution in [0.25, 0.3) is 6.08 Å². The number of carbonyl (C=O) groups is 2. The summed E-state index contributed by atoms with van der Waals surface area (Å²) in [5, 5.41) is 5.50. The fourth-order valence-corrected chi connectivity index (χ4v) is 2.34. The summed E-state index contributed by atoms with van der Waals surface area (Å²) in [7, 11) is 0. The largest absolute Gasteiger partial charge is 0.416 e. The van der Waals surface area contributed by atoms with Gasteiger partial charge in [-0.05, 0) is 60.9 Å². The van der Waals surface area contributed by atoms with Gasteiger partial charge in [-0.25, -0.2) is 0 Å². The summed E-state index contributed by atoms with van der Waals surface area (Å²) in [5.74, 6) is -0.567. The Bertz CT molecular complexity index is 852. The van der Waals surface area contributed by atoms with Crippen LogP contribution >= 0.6 is 0 Å². The van der Waals surface area contributed by atoms with Crippen LogP contribution in [0.5, 0.6) is 0 Å². The Labute approximate surface area is 154 Å². The van der Waals surface area contributed by atoms with Crippen LogP contribution in [0.15, 0.2) is 54.6 Å². The SMILES string of the molecule is O=C(/C=C/c1ccc(C(F)(F)F)cc1)Nc1ccc(C(=O)NC2CC2)cc1. The first-order valence-electron chi connectivity index (χ1n) is 8.38. The minimum Gasteiger partial charge on any atom is -0.349 e. The summed E-state index contributed by atoms with van der Waals surface area (Å²) < 4.78 is 37.5. The first-order valence-corrected chi connectivity index (χ1v) is 8.38. The number of hydrogen-bond donors (Lipinski definition) is 2. The van der Waals surface area contributed by atoms with Gasteiger partial charge < -0.3 is 10.6 Å². The molecule has 1 saturated carbocycles. The van der Waals surface area contributed by atoms with E-state index in [0.29, 0.717) is 16.8 Å². The number of carbonyl (C=O) groups excluding carboxylic acids is 2. The molecule has 3 rings (SSSR count). The molecule has 7 heteroatoms. The topological polar surface area (TPSA) is 58.2 Å². The summed E-state index contributed by atoms with van der Waals surface area (Å²) >= 11 is 0. The number of rotatable bonds is 5. The van der Waals surface area contributed by atoms with Gasteiger partial charge in [-0.1, -0.05) is 12.1 Å². The van der Waals surface area contributed by atoms with E-state index in [1.807, 2.05) is 0 Å². The molecule has 140 valence electrons. The lowest BCUT2D eigenvalue weighted by Gasteiger charge is -2.06. The molecule has 0 heterocycles. The van der Waals surface area contributed by atoms with Crippen LogP contribution < -0.4 is 10.6 Å². The van der Waals surface area contributed by atoms with Crippen molar-refractivity contribution in [2.75, 3.05) is 5.32 Å². The molecular weight excluding hydrogens is 357 g/mol. The Kier molecular flexibility index (Phi) is 5.30. The lowest BCUT2D eigenvalue weighted by atomic mass is 10.1. The summed E-state index contributed by atoms with van der Waals surface area (Å²) in [6.07, 6.45) is 0.279. The van der Waals surface area contributed by atoms with E-state index in [1.165, 1.54) is 24.3 Å². The molecule has 0 saturated heterocycles. The molecule has 2 aromatic rings. The molecule has 2 amide bonds. The second kappa shape index (κ2) is 7.65. The minimum atomic E-state index is -4.39. The summed E-state index contributed by atoms with van der Waals surface area (Å²) in [6.45, 7) is 0. The maximum Gasteiger partial charge on any atom is 0.416 e. The first kappa shape index (κ1) is 18.7. The Morgan fingerprint density at radius 3 is 2.15 bits per heavy atom. The van der Waals surface area contributed by atoms with Gasteiger partial charge in [0.15, 0.2) is 0 Å². The van der Waals surface area contributed by atoms with Crippen LogP contribution in [-0.4, -0.2) is 17.9 Å². The molecule has 0 bridgehead atoms. The lowest BCUT2D eigenvalue weighted by molar-refractivity contribution is -0.137. The molecule has 1 fully saturated rings. The fraction of sp³-hybridized carbons (Fsp3) is 0.200. The third-order valence-electron chi connectivity index (χ3n) is 3.99. The van der Waals surface area contributed by atoms with E-state index in [9.17, 15) is 22.8 Å². The van der Waals surface area contributed by atoms with E-state index in [4.69, 9.17) is 0 Å². The molecule has 0 aliphatic heterocycles. The van der Waals surface area contributed by atoms with Crippen molar-refractivity contribution in [1.82, 2.24) is 5.32 Å². The van der Waals surface area contributed by atoms with Gasteiger partial charge in [0.1, 0.15) is 0 Å². The minimum absolute atomic E-state index is 0.141. The van der Waals surface area contributed by atoms with Gasteiger partial charge in [-0.2, -0.15) is 13.2 Å². The number of halogens is 3. The Hall–Kier alpha value is -3.09. The van der Waals surface area contributed by atoms with Crippen molar-refractivity contribution < 1.29 is 22.8 Å². The number of alkyl halides is 3. The highest BCUT2D eigenvalue weighted by Gasteiger charge is 2.29. The van der Waals surface area contributed by atoms with Crippen molar-refractivity contribution in [1.29, 1.82) is 0 Å². The van der Waals surface area contributed by atoms with E-state index in [-0.39, 0.29) is 11.9 Å². The standard InChI is InChI=1S/C20H17F3N2O2/c21-20(22,23)15-6-1-13(2-7-15)3-12-18(26)24-16-8-4-14(5-9-16)19(27)25-17-10-11-17/h1-9,12,17H,10-11H2,(H,24,26)(H,25,27)/b12-3+. The van der Waals surface area contributed by atoms with Crippen LogP contribution in [0, 0.1) is 0 Å². The van der Waals surface area contributed by atoms with E-state index >= 15 is 0 Å². The van der Waals surface area contributed by atoms with Crippen LogP contribution in [0.1, 0.15) is 34.3 Å². The van der Waals surface area contributed by atoms with Crippen molar-refractivity contribution >= 4 is 23.6 Å². The molecule has 0 aromatic heterocycles. The van der Waals surface area contributed by atoms with Crippen LogP contribution in [0.3, 0.4) is 0 Å². The highest BCUT2D eigenvalue weighted by atomic mass is 19.4. The van der Waals surface area contributed by atoms with Gasteiger partial charge in [-0.3, -0.25) is 9.59 Å². The molecule has 2 aromatic carbocycles. The molecule has 0 unspecified atom stereocenters. The number of anilines is 1. The second-order valence-electron chi connectivity index (χ2n) is 6.27. The zero-order valence-corrected chi connectivity index (χ0v) is 14.2. The van der Waals surface area contributed by atoms with Crippen molar-refractivity contribution in [2.45, 2.75) is 25.1 Å². The Morgan fingerprint density at radius 1 is 0.963 bits per heavy atom. The molecule has 0 spiro atoms. The molecular formula is C20H17F3N2O2. The third-order valence-corrected chi connectivity index (χ3v) is 3.99. The van der Waals surface area contributed by atoms with E-state index < -0.39 is 17.6 Å². The number of amides is 2. The predicted molar refractivity (Wildman–Crippen MR) is 96.0 cm³/mol. The number of benzene rings is 2. The average molecular weight is 374 g/mol. The summed E-state index contributed by atoms with van der Waals surface area (Å²) in [4.78, 5) is 23.8. The lowest BCUT2D eigenvalue weighted by Crippen LogP contribution is -2.25. The van der Waals surface area contributed by atoms with Crippen molar-refractivity contribution in [3.05, 3.63) is 71.3 Å². The van der Waals surface area contributed by atoms with Gasteiger partial charge >= 0.3 is 6.18 Å². The van der Waals surface area contributed by atoms with Gasteiger partial charge in [0, 0.05) is 23.4 Å². The Balaban J connectivity index is 1.55. The quantitative estimate of drug-likeness (QED) is 0.769. The fourth-order valence-electron chi connectivity index (χ4n) is 2.34. The zero-order chi connectivity index (χ0) is 19.4. The van der Waals surface area contributed by atoms with Gasteiger partial charge in [0.25, 0.3) is 5.91 Å². The van der Waals surface area contributed by atoms with Crippen LogP contribution in [-0.2, 0) is 11.0 Å². The molecule has 0 radical (unpaired) electrons. The molecule has 0 atom stereocenters. The van der Waals surface area contributed by atoms with Gasteiger partial charge in [-0.15, -0.1) is 0 Å². The van der Waals surface area contributed by atoms with Crippen molar-refractivity contribution in [2.24, 2.45) is 0 Å². The third kappa shape index (κ3) is 5.44. The molecule has 27 heavy (non-hydrogen) atoms. The Morgan fingerprint density at radius 2 is 1.59 bits per heavy atom. The van der Waals surface area contributed by atoms with E-state index in [1.54, 1.807) is 24.3 Å². The molecule has 1 aliphatic carbocycles.